The Hall–Kier alpha value is -3.17. The minimum Gasteiger partial charge on any atom is -0.348 e. The molecule has 1 fully saturated rings. The summed E-state index contributed by atoms with van der Waals surface area (Å²) in [6, 6.07) is 6.63. The van der Waals surface area contributed by atoms with Gasteiger partial charge in [0.05, 0.1) is 11.6 Å². The van der Waals surface area contributed by atoms with Gasteiger partial charge in [0.2, 0.25) is 11.9 Å². The Morgan fingerprint density at radius 1 is 1.11 bits per heavy atom. The number of aromatic amines is 1. The van der Waals surface area contributed by atoms with Gasteiger partial charge in [0.1, 0.15) is 6.33 Å². The summed E-state index contributed by atoms with van der Waals surface area (Å²) in [7, 11) is 0. The van der Waals surface area contributed by atoms with E-state index in [4.69, 9.17) is 0 Å². The van der Waals surface area contributed by atoms with Crippen LogP contribution in [0.5, 0.6) is 0 Å². The lowest BCUT2D eigenvalue weighted by Gasteiger charge is -2.15. The average Bonchev–Trinajstić information content (AvgIpc) is 3.41. The number of hydrogen-bond donors (Lipinski definition) is 3. The topological polar surface area (TPSA) is 91.4 Å². The summed E-state index contributed by atoms with van der Waals surface area (Å²) in [4.78, 5) is 12.4. The summed E-state index contributed by atoms with van der Waals surface area (Å²) in [6.07, 6.45) is -0.659. The number of anilines is 3. The summed E-state index contributed by atoms with van der Waals surface area (Å²) in [5.74, 6) is 1.81. The van der Waals surface area contributed by atoms with Crippen molar-refractivity contribution in [2.24, 2.45) is 0 Å². The van der Waals surface area contributed by atoms with Crippen LogP contribution in [0.3, 0.4) is 0 Å². The molecule has 0 saturated heterocycles. The van der Waals surface area contributed by atoms with Gasteiger partial charge in [0, 0.05) is 17.7 Å². The first-order valence-electron chi connectivity index (χ1n) is 8.83. The van der Waals surface area contributed by atoms with Gasteiger partial charge in [-0.15, -0.1) is 0 Å². The molecular weight excluding hydrogens is 371 g/mol. The van der Waals surface area contributed by atoms with Crippen LogP contribution in [-0.4, -0.2) is 25.1 Å². The number of nitrogens with one attached hydrogen (secondary N) is 3. The summed E-state index contributed by atoms with van der Waals surface area (Å²) < 4.78 is 38.0. The van der Waals surface area contributed by atoms with Gasteiger partial charge >= 0.3 is 6.18 Å². The number of H-pyrrole nitrogens is 1. The highest BCUT2D eigenvalue weighted by atomic mass is 19.4. The van der Waals surface area contributed by atoms with Crippen molar-refractivity contribution in [2.45, 2.75) is 37.9 Å². The molecule has 1 saturated carbocycles. The van der Waals surface area contributed by atoms with Crippen molar-refractivity contribution in [3.8, 4) is 0 Å². The Kier molecular flexibility index (Phi) is 4.62. The molecule has 0 spiro atoms. The van der Waals surface area contributed by atoms with Gasteiger partial charge in [-0.3, -0.25) is 5.10 Å². The van der Waals surface area contributed by atoms with E-state index < -0.39 is 11.7 Å². The molecule has 1 atom stereocenters. The molecule has 0 aliphatic heterocycles. The molecule has 2 aromatic heterocycles. The van der Waals surface area contributed by atoms with E-state index in [1.165, 1.54) is 31.3 Å². The molecule has 3 N–H and O–H groups in total. The van der Waals surface area contributed by atoms with E-state index in [9.17, 15) is 13.2 Å². The molecule has 1 unspecified atom stereocenters. The van der Waals surface area contributed by atoms with Crippen LogP contribution in [0.25, 0.3) is 0 Å². The highest BCUT2D eigenvalue weighted by Gasteiger charge is 2.30. The second-order valence-electron chi connectivity index (χ2n) is 6.73. The van der Waals surface area contributed by atoms with E-state index >= 15 is 0 Å². The first kappa shape index (κ1) is 18.2. The second-order valence-corrected chi connectivity index (χ2v) is 6.73. The molecule has 4 rings (SSSR count). The van der Waals surface area contributed by atoms with E-state index in [0.717, 1.165) is 17.8 Å². The van der Waals surface area contributed by atoms with E-state index in [0.29, 0.717) is 29.2 Å². The minimum absolute atomic E-state index is 0.288. The molecule has 0 radical (unpaired) electrons. The van der Waals surface area contributed by atoms with E-state index in [1.54, 1.807) is 0 Å². The number of benzene rings is 1. The number of halogens is 3. The molecule has 0 bridgehead atoms. The molecule has 7 nitrogen and oxygen atoms in total. The van der Waals surface area contributed by atoms with Crippen LogP contribution in [0.4, 0.5) is 30.9 Å². The number of nitrogens with zero attached hydrogens (tertiary/aromatic N) is 4. The van der Waals surface area contributed by atoms with Gasteiger partial charge in [-0.2, -0.15) is 23.3 Å². The lowest BCUT2D eigenvalue weighted by Crippen LogP contribution is -2.11. The predicted molar refractivity (Wildman–Crippen MR) is 97.2 cm³/mol. The highest BCUT2D eigenvalue weighted by molar-refractivity contribution is 5.50. The Balaban J connectivity index is 1.42. The van der Waals surface area contributed by atoms with Crippen LogP contribution in [0.2, 0.25) is 0 Å². The molecule has 3 aromatic rings. The van der Waals surface area contributed by atoms with E-state index in [2.05, 4.69) is 35.8 Å². The van der Waals surface area contributed by atoms with Crippen LogP contribution in [0.1, 0.15) is 48.5 Å². The third-order valence-corrected chi connectivity index (χ3v) is 4.51. The third-order valence-electron chi connectivity index (χ3n) is 4.51. The molecule has 28 heavy (non-hydrogen) atoms. The lowest BCUT2D eigenvalue weighted by molar-refractivity contribution is -0.137. The molecule has 146 valence electrons. The maximum Gasteiger partial charge on any atom is 0.416 e. The van der Waals surface area contributed by atoms with Gasteiger partial charge < -0.3 is 10.6 Å². The second kappa shape index (κ2) is 7.10. The molecule has 1 aromatic carbocycles. The zero-order valence-electron chi connectivity index (χ0n) is 15.0. The third kappa shape index (κ3) is 4.21. The van der Waals surface area contributed by atoms with Gasteiger partial charge in [0.25, 0.3) is 0 Å². The van der Waals surface area contributed by atoms with Crippen LogP contribution in [-0.2, 0) is 6.18 Å². The van der Waals surface area contributed by atoms with E-state index in [-0.39, 0.29) is 6.04 Å². The molecule has 2 heterocycles. The van der Waals surface area contributed by atoms with Crippen molar-refractivity contribution in [1.82, 2.24) is 25.1 Å². The van der Waals surface area contributed by atoms with Crippen LogP contribution in [0, 0.1) is 0 Å². The fraction of sp³-hybridized carbons (Fsp3) is 0.333. The standard InChI is InChI=1S/C18H18F3N7/c1-10(11-4-6-13(7-5-11)18(19,20)21)24-16-22-9-23-17(26-16)25-15-8-14(27-28-15)12-2-3-12/h4-10,12H,2-3H2,1H3,(H3,22,23,24,25,26,27,28). The van der Waals surface area contributed by atoms with Gasteiger partial charge in [-0.25, -0.2) is 9.97 Å². The minimum atomic E-state index is -4.35. The maximum absolute atomic E-state index is 12.7. The number of aromatic nitrogens is 5. The van der Waals surface area contributed by atoms with Crippen molar-refractivity contribution in [1.29, 1.82) is 0 Å². The van der Waals surface area contributed by atoms with Gasteiger partial charge in [-0.05, 0) is 37.5 Å². The van der Waals surface area contributed by atoms with Crippen molar-refractivity contribution < 1.29 is 13.2 Å². The Labute approximate surface area is 158 Å². The fourth-order valence-electron chi connectivity index (χ4n) is 2.78. The van der Waals surface area contributed by atoms with Crippen LogP contribution >= 0.6 is 0 Å². The normalized spacial score (nSPS) is 15.3. The molecule has 10 heteroatoms. The van der Waals surface area contributed by atoms with Crippen molar-refractivity contribution in [3.05, 3.63) is 53.5 Å². The first-order valence-corrected chi connectivity index (χ1v) is 8.83. The Morgan fingerprint density at radius 2 is 1.82 bits per heavy atom. The number of hydrogen-bond acceptors (Lipinski definition) is 6. The Bertz CT molecular complexity index is 948. The number of alkyl halides is 3. The van der Waals surface area contributed by atoms with Crippen LogP contribution < -0.4 is 10.6 Å². The smallest absolute Gasteiger partial charge is 0.348 e. The summed E-state index contributed by atoms with van der Waals surface area (Å²) >= 11 is 0. The Morgan fingerprint density at radius 3 is 2.50 bits per heavy atom. The SMILES string of the molecule is CC(Nc1ncnc(Nc2cc(C3CC3)[nH]n2)n1)c1ccc(C(F)(F)F)cc1. The van der Waals surface area contributed by atoms with Crippen molar-refractivity contribution in [2.75, 3.05) is 10.6 Å². The van der Waals surface area contributed by atoms with E-state index in [1.807, 2.05) is 13.0 Å². The summed E-state index contributed by atoms with van der Waals surface area (Å²) in [5.41, 5.74) is 1.09. The summed E-state index contributed by atoms with van der Waals surface area (Å²) in [6.45, 7) is 1.81. The maximum atomic E-state index is 12.7. The fourth-order valence-corrected chi connectivity index (χ4v) is 2.78. The average molecular weight is 389 g/mol. The molecule has 1 aliphatic rings. The molecular formula is C18H18F3N7. The van der Waals surface area contributed by atoms with Crippen molar-refractivity contribution in [3.63, 3.8) is 0 Å². The largest absolute Gasteiger partial charge is 0.416 e. The lowest BCUT2D eigenvalue weighted by atomic mass is 10.1. The van der Waals surface area contributed by atoms with Crippen LogP contribution in [0.15, 0.2) is 36.7 Å². The zero-order chi connectivity index (χ0) is 19.7. The molecule has 1 aliphatic carbocycles. The summed E-state index contributed by atoms with van der Waals surface area (Å²) in [5, 5.41) is 13.3. The van der Waals surface area contributed by atoms with Gasteiger partial charge in [0.15, 0.2) is 5.82 Å². The monoisotopic (exact) mass is 389 g/mol. The van der Waals surface area contributed by atoms with Crippen molar-refractivity contribution >= 4 is 17.7 Å². The highest BCUT2D eigenvalue weighted by Crippen LogP contribution is 2.39. The quantitative estimate of drug-likeness (QED) is 0.579. The first-order chi connectivity index (χ1) is 13.4. The predicted octanol–water partition coefficient (Wildman–Crippen LogP) is 4.41. The zero-order valence-corrected chi connectivity index (χ0v) is 15.0. The van der Waals surface area contributed by atoms with Gasteiger partial charge in [-0.1, -0.05) is 12.1 Å². The number of rotatable bonds is 6. The molecule has 0 amide bonds.